The molecule has 0 heterocycles. The molecular formula is C5H9ClO2. The number of alkyl halides is 1. The zero-order valence-electron chi connectivity index (χ0n) is 4.94. The van der Waals surface area contributed by atoms with Crippen molar-refractivity contribution in [2.75, 3.05) is 13.0 Å². The molecule has 0 rings (SSSR count). The molecule has 0 amide bonds. The van der Waals surface area contributed by atoms with E-state index in [1.165, 1.54) is 7.11 Å². The van der Waals surface area contributed by atoms with E-state index in [0.29, 0.717) is 5.76 Å². The minimum absolute atomic E-state index is 0.0918. The zero-order chi connectivity index (χ0) is 6.57. The summed E-state index contributed by atoms with van der Waals surface area (Å²) < 4.78 is 4.65. The minimum Gasteiger partial charge on any atom is -0.508 e. The number of methoxy groups -OCH3 is 1. The fraction of sp³-hybridized carbons (Fsp3) is 0.600. The molecule has 48 valence electrons. The number of hydrogen-bond acceptors (Lipinski definition) is 2. The van der Waals surface area contributed by atoms with E-state index in [-0.39, 0.29) is 11.6 Å². The number of aliphatic hydroxyl groups excluding tert-OH is 1. The third-order valence-electron chi connectivity index (χ3n) is 0.839. The van der Waals surface area contributed by atoms with Crippen molar-refractivity contribution >= 4 is 11.6 Å². The van der Waals surface area contributed by atoms with Crippen molar-refractivity contribution in [3.8, 4) is 0 Å². The van der Waals surface area contributed by atoms with Crippen LogP contribution in [0.15, 0.2) is 11.5 Å². The summed E-state index contributed by atoms with van der Waals surface area (Å²) in [7, 11) is 1.48. The van der Waals surface area contributed by atoms with Crippen molar-refractivity contribution in [2.24, 2.45) is 0 Å². The Hall–Kier alpha value is -0.370. The van der Waals surface area contributed by atoms with Crippen LogP contribution in [0.1, 0.15) is 6.92 Å². The van der Waals surface area contributed by atoms with Crippen LogP contribution in [-0.4, -0.2) is 18.1 Å². The summed E-state index contributed by atoms with van der Waals surface area (Å²) in [4.78, 5) is 0. The van der Waals surface area contributed by atoms with Gasteiger partial charge in [-0.05, 0) is 6.92 Å². The molecule has 0 aliphatic heterocycles. The van der Waals surface area contributed by atoms with Crippen molar-refractivity contribution < 1.29 is 9.84 Å². The first-order valence-electron chi connectivity index (χ1n) is 2.21. The summed E-state index contributed by atoms with van der Waals surface area (Å²) in [5.41, 5.74) is 0. The fourth-order valence-electron chi connectivity index (χ4n) is 0.212. The number of ether oxygens (including phenoxy) is 1. The second kappa shape index (κ2) is 3.61. The lowest BCUT2D eigenvalue weighted by Gasteiger charge is -1.99. The largest absolute Gasteiger partial charge is 0.508 e. The van der Waals surface area contributed by atoms with Gasteiger partial charge in [0.25, 0.3) is 0 Å². The minimum atomic E-state index is 0.0918. The molecule has 1 N–H and O–H groups in total. The Labute approximate surface area is 53.7 Å². The van der Waals surface area contributed by atoms with Gasteiger partial charge in [0.2, 0.25) is 0 Å². The van der Waals surface area contributed by atoms with Gasteiger partial charge >= 0.3 is 0 Å². The summed E-state index contributed by atoms with van der Waals surface area (Å²) in [5, 5.41) is 8.75. The Bertz CT molecular complexity index is 86.6. The Balaban J connectivity index is 3.83. The predicted octanol–water partition coefficient (Wildman–Crippen LogP) is 1.66. The van der Waals surface area contributed by atoms with E-state index >= 15 is 0 Å². The van der Waals surface area contributed by atoms with Crippen molar-refractivity contribution in [1.82, 2.24) is 0 Å². The van der Waals surface area contributed by atoms with Crippen molar-refractivity contribution in [3.05, 3.63) is 11.5 Å². The molecular weight excluding hydrogens is 128 g/mol. The highest BCUT2D eigenvalue weighted by Crippen LogP contribution is 2.01. The molecule has 2 nitrogen and oxygen atoms in total. The van der Waals surface area contributed by atoms with Crippen LogP contribution in [0, 0.1) is 0 Å². The third kappa shape index (κ3) is 2.07. The molecule has 0 aromatic rings. The summed E-state index contributed by atoms with van der Waals surface area (Å²) >= 11 is 5.24. The topological polar surface area (TPSA) is 29.5 Å². The van der Waals surface area contributed by atoms with E-state index in [1.807, 2.05) is 0 Å². The van der Waals surface area contributed by atoms with E-state index in [4.69, 9.17) is 16.7 Å². The fourth-order valence-corrected chi connectivity index (χ4v) is 0.400. The molecule has 0 aliphatic carbocycles. The summed E-state index contributed by atoms with van der Waals surface area (Å²) in [6.07, 6.45) is 0. The lowest BCUT2D eigenvalue weighted by molar-refractivity contribution is 0.257. The molecule has 0 unspecified atom stereocenters. The molecule has 0 aromatic carbocycles. The highest BCUT2D eigenvalue weighted by atomic mass is 35.5. The van der Waals surface area contributed by atoms with Gasteiger partial charge in [-0.25, -0.2) is 0 Å². The Morgan fingerprint density at radius 3 is 2.38 bits per heavy atom. The van der Waals surface area contributed by atoms with Crippen LogP contribution in [0.5, 0.6) is 0 Å². The highest BCUT2D eigenvalue weighted by Gasteiger charge is 1.94. The van der Waals surface area contributed by atoms with Gasteiger partial charge < -0.3 is 9.84 Å². The number of halogens is 1. The van der Waals surface area contributed by atoms with E-state index in [0.717, 1.165) is 0 Å². The van der Waals surface area contributed by atoms with Crippen LogP contribution in [-0.2, 0) is 4.74 Å². The van der Waals surface area contributed by atoms with E-state index in [1.54, 1.807) is 6.92 Å². The lowest BCUT2D eigenvalue weighted by atomic mass is 10.5. The molecule has 0 fully saturated rings. The monoisotopic (exact) mass is 136 g/mol. The maximum Gasteiger partial charge on any atom is 0.144 e. The van der Waals surface area contributed by atoms with Crippen molar-refractivity contribution in [3.63, 3.8) is 0 Å². The molecule has 3 heteroatoms. The van der Waals surface area contributed by atoms with Crippen LogP contribution in [0.2, 0.25) is 0 Å². The Kier molecular flexibility index (Phi) is 3.44. The van der Waals surface area contributed by atoms with E-state index in [2.05, 4.69) is 4.74 Å². The standard InChI is InChI=1S/C5H9ClO2/c1-4(8-2)5(7)3-6/h7H,3H2,1-2H3/b5-4-. The number of allylic oxidation sites excluding steroid dienone is 2. The maximum absolute atomic E-state index is 8.75. The average molecular weight is 137 g/mol. The summed E-state index contributed by atoms with van der Waals surface area (Å²) in [6.45, 7) is 1.65. The van der Waals surface area contributed by atoms with Gasteiger partial charge in [-0.2, -0.15) is 0 Å². The summed E-state index contributed by atoms with van der Waals surface area (Å²) in [5.74, 6) is 0.675. The van der Waals surface area contributed by atoms with Gasteiger partial charge in [0, 0.05) is 0 Å². The molecule has 0 aromatic heterocycles. The normalized spacial score (nSPS) is 12.9. The Morgan fingerprint density at radius 1 is 1.75 bits per heavy atom. The molecule has 0 spiro atoms. The van der Waals surface area contributed by atoms with Crippen LogP contribution in [0.4, 0.5) is 0 Å². The maximum atomic E-state index is 8.75. The van der Waals surface area contributed by atoms with Gasteiger partial charge in [-0.3, -0.25) is 0 Å². The van der Waals surface area contributed by atoms with Crippen LogP contribution >= 0.6 is 11.6 Å². The Morgan fingerprint density at radius 2 is 2.25 bits per heavy atom. The molecule has 0 radical (unpaired) electrons. The second-order valence-corrected chi connectivity index (χ2v) is 1.61. The van der Waals surface area contributed by atoms with Gasteiger partial charge in [0.15, 0.2) is 0 Å². The van der Waals surface area contributed by atoms with Crippen molar-refractivity contribution in [2.45, 2.75) is 6.92 Å². The van der Waals surface area contributed by atoms with Crippen LogP contribution in [0.25, 0.3) is 0 Å². The quantitative estimate of drug-likeness (QED) is 0.462. The van der Waals surface area contributed by atoms with Gasteiger partial charge in [0.1, 0.15) is 11.5 Å². The molecule has 0 atom stereocenters. The molecule has 0 aliphatic rings. The van der Waals surface area contributed by atoms with E-state index < -0.39 is 0 Å². The van der Waals surface area contributed by atoms with Gasteiger partial charge in [-0.1, -0.05) is 0 Å². The molecule has 8 heavy (non-hydrogen) atoms. The van der Waals surface area contributed by atoms with Crippen LogP contribution in [0.3, 0.4) is 0 Å². The summed E-state index contributed by atoms with van der Waals surface area (Å²) in [6, 6.07) is 0. The predicted molar refractivity (Wildman–Crippen MR) is 33.1 cm³/mol. The average Bonchev–Trinajstić information content (AvgIpc) is 1.84. The smallest absolute Gasteiger partial charge is 0.144 e. The number of aliphatic hydroxyl groups is 1. The van der Waals surface area contributed by atoms with E-state index in [9.17, 15) is 0 Å². The van der Waals surface area contributed by atoms with Crippen molar-refractivity contribution in [1.29, 1.82) is 0 Å². The molecule has 0 saturated carbocycles. The van der Waals surface area contributed by atoms with Gasteiger partial charge in [0.05, 0.1) is 13.0 Å². The molecule has 0 saturated heterocycles. The lowest BCUT2D eigenvalue weighted by Crippen LogP contribution is -1.90. The SMILES string of the molecule is CO/C(C)=C(\O)CCl. The first kappa shape index (κ1) is 7.63. The number of rotatable bonds is 2. The third-order valence-corrected chi connectivity index (χ3v) is 1.09. The molecule has 0 bridgehead atoms. The van der Waals surface area contributed by atoms with Crippen LogP contribution < -0.4 is 0 Å². The first-order valence-corrected chi connectivity index (χ1v) is 2.74. The van der Waals surface area contributed by atoms with Gasteiger partial charge in [-0.15, -0.1) is 11.6 Å². The zero-order valence-corrected chi connectivity index (χ0v) is 5.70. The number of hydrogen-bond donors (Lipinski definition) is 1. The first-order chi connectivity index (χ1) is 3.72. The highest BCUT2D eigenvalue weighted by molar-refractivity contribution is 6.19. The second-order valence-electron chi connectivity index (χ2n) is 1.34.